The fraction of sp³-hybridized carbons (Fsp3) is 0.294. The Balaban J connectivity index is 2.34. The molecule has 0 heterocycles. The number of ether oxygens (including phenoxy) is 1. The predicted molar refractivity (Wildman–Crippen MR) is 85.4 cm³/mol. The lowest BCUT2D eigenvalue weighted by molar-refractivity contribution is 0.416. The van der Waals surface area contributed by atoms with E-state index in [9.17, 15) is 4.39 Å². The van der Waals surface area contributed by atoms with Crippen molar-refractivity contribution in [3.63, 3.8) is 0 Å². The van der Waals surface area contributed by atoms with E-state index in [1.54, 1.807) is 31.4 Å². The van der Waals surface area contributed by atoms with Gasteiger partial charge in [0.1, 0.15) is 11.6 Å². The fourth-order valence-electron chi connectivity index (χ4n) is 2.08. The second kappa shape index (κ2) is 6.92. The van der Waals surface area contributed by atoms with E-state index in [0.717, 1.165) is 11.1 Å². The quantitative estimate of drug-likeness (QED) is 0.868. The molecule has 0 saturated heterocycles. The highest BCUT2D eigenvalue weighted by atomic mass is 35.5. The molecule has 0 saturated carbocycles. The number of methoxy groups -OCH3 is 1. The molecule has 0 atom stereocenters. The molecule has 2 aromatic rings. The Labute approximate surface area is 129 Å². The molecule has 21 heavy (non-hydrogen) atoms. The highest BCUT2D eigenvalue weighted by Gasteiger charge is 2.10. The smallest absolute Gasteiger partial charge is 0.128 e. The van der Waals surface area contributed by atoms with Crippen molar-refractivity contribution in [2.24, 2.45) is 0 Å². The Kier molecular flexibility index (Phi) is 5.21. The molecule has 112 valence electrons. The molecule has 2 aromatic carbocycles. The summed E-state index contributed by atoms with van der Waals surface area (Å²) in [6.07, 6.45) is 0. The summed E-state index contributed by atoms with van der Waals surface area (Å²) in [4.78, 5) is 0. The van der Waals surface area contributed by atoms with E-state index in [4.69, 9.17) is 16.3 Å². The van der Waals surface area contributed by atoms with Crippen LogP contribution in [-0.4, -0.2) is 13.2 Å². The summed E-state index contributed by atoms with van der Waals surface area (Å²) in [7, 11) is 1.59. The van der Waals surface area contributed by atoms with E-state index in [-0.39, 0.29) is 5.82 Å². The molecule has 2 rings (SSSR count). The summed E-state index contributed by atoms with van der Waals surface area (Å²) >= 11 is 6.02. The average molecular weight is 308 g/mol. The van der Waals surface area contributed by atoms with Gasteiger partial charge < -0.3 is 10.1 Å². The normalized spacial score (nSPS) is 11.0. The minimum atomic E-state index is -0.234. The Morgan fingerprint density at radius 3 is 2.57 bits per heavy atom. The summed E-state index contributed by atoms with van der Waals surface area (Å²) in [5.41, 5.74) is 2.18. The Bertz CT molecular complexity index is 628. The zero-order valence-corrected chi connectivity index (χ0v) is 13.2. The number of halogens is 2. The van der Waals surface area contributed by atoms with Crippen LogP contribution in [0.25, 0.3) is 11.1 Å². The lowest BCUT2D eigenvalue weighted by atomic mass is 10.0. The minimum absolute atomic E-state index is 0.234. The molecule has 0 aliphatic rings. The van der Waals surface area contributed by atoms with Gasteiger partial charge in [-0.2, -0.15) is 0 Å². The largest absolute Gasteiger partial charge is 0.496 e. The maximum Gasteiger partial charge on any atom is 0.128 e. The third kappa shape index (κ3) is 3.96. The SMILES string of the molecule is COc1ccc(Cl)cc1-c1ccc(CNC(C)C)c(F)c1. The van der Waals surface area contributed by atoms with E-state index in [1.165, 1.54) is 6.07 Å². The summed E-state index contributed by atoms with van der Waals surface area (Å²) in [5, 5.41) is 3.80. The van der Waals surface area contributed by atoms with Crippen molar-refractivity contribution in [3.8, 4) is 16.9 Å². The number of hydrogen-bond acceptors (Lipinski definition) is 2. The zero-order chi connectivity index (χ0) is 15.4. The Morgan fingerprint density at radius 1 is 1.19 bits per heavy atom. The minimum Gasteiger partial charge on any atom is -0.496 e. The van der Waals surface area contributed by atoms with Crippen molar-refractivity contribution in [1.29, 1.82) is 0 Å². The third-order valence-electron chi connectivity index (χ3n) is 3.23. The third-order valence-corrected chi connectivity index (χ3v) is 3.46. The van der Waals surface area contributed by atoms with Crippen LogP contribution in [0, 0.1) is 5.82 Å². The molecule has 0 spiro atoms. The Morgan fingerprint density at radius 2 is 1.95 bits per heavy atom. The summed E-state index contributed by atoms with van der Waals surface area (Å²) in [6, 6.07) is 10.8. The van der Waals surface area contributed by atoms with Gasteiger partial charge >= 0.3 is 0 Å². The first kappa shape index (κ1) is 15.8. The first-order valence-electron chi connectivity index (χ1n) is 6.87. The number of rotatable bonds is 5. The maximum absolute atomic E-state index is 14.2. The van der Waals surface area contributed by atoms with Crippen LogP contribution in [-0.2, 0) is 6.54 Å². The number of nitrogens with one attached hydrogen (secondary N) is 1. The van der Waals surface area contributed by atoms with E-state index >= 15 is 0 Å². The van der Waals surface area contributed by atoms with Crippen molar-refractivity contribution < 1.29 is 9.13 Å². The van der Waals surface area contributed by atoms with E-state index in [0.29, 0.717) is 28.9 Å². The van der Waals surface area contributed by atoms with Crippen LogP contribution in [0.1, 0.15) is 19.4 Å². The average Bonchev–Trinajstić information content (AvgIpc) is 2.45. The van der Waals surface area contributed by atoms with Crippen LogP contribution in [0.2, 0.25) is 5.02 Å². The molecular weight excluding hydrogens is 289 g/mol. The molecular formula is C17H19ClFNO. The molecule has 0 unspecified atom stereocenters. The fourth-order valence-corrected chi connectivity index (χ4v) is 2.25. The highest BCUT2D eigenvalue weighted by Crippen LogP contribution is 2.33. The molecule has 0 aromatic heterocycles. The molecule has 0 bridgehead atoms. The maximum atomic E-state index is 14.2. The molecule has 2 nitrogen and oxygen atoms in total. The van der Waals surface area contributed by atoms with Crippen molar-refractivity contribution in [3.05, 3.63) is 52.8 Å². The topological polar surface area (TPSA) is 21.3 Å². The molecule has 1 N–H and O–H groups in total. The van der Waals surface area contributed by atoms with Gasteiger partial charge in [-0.15, -0.1) is 0 Å². The number of hydrogen-bond donors (Lipinski definition) is 1. The van der Waals surface area contributed by atoms with Gasteiger partial charge in [-0.05, 0) is 29.8 Å². The number of benzene rings is 2. The van der Waals surface area contributed by atoms with E-state index < -0.39 is 0 Å². The van der Waals surface area contributed by atoms with Crippen molar-refractivity contribution >= 4 is 11.6 Å². The second-order valence-electron chi connectivity index (χ2n) is 5.19. The Hall–Kier alpha value is -1.58. The predicted octanol–water partition coefficient (Wildman–Crippen LogP) is 4.65. The standard InChI is InChI=1S/C17H19ClFNO/c1-11(2)20-10-13-5-4-12(8-16(13)19)15-9-14(18)6-7-17(15)21-3/h4-9,11,20H,10H2,1-3H3. The molecule has 0 aliphatic carbocycles. The molecule has 0 fully saturated rings. The monoisotopic (exact) mass is 307 g/mol. The van der Waals surface area contributed by atoms with Gasteiger partial charge in [0, 0.05) is 28.7 Å². The molecule has 0 amide bonds. The van der Waals surface area contributed by atoms with Crippen molar-refractivity contribution in [1.82, 2.24) is 5.32 Å². The van der Waals surface area contributed by atoms with Crippen LogP contribution in [0.15, 0.2) is 36.4 Å². The van der Waals surface area contributed by atoms with Gasteiger partial charge in [-0.1, -0.05) is 37.6 Å². The second-order valence-corrected chi connectivity index (χ2v) is 5.62. The van der Waals surface area contributed by atoms with E-state index in [2.05, 4.69) is 5.32 Å². The van der Waals surface area contributed by atoms with Crippen molar-refractivity contribution in [2.45, 2.75) is 26.4 Å². The summed E-state index contributed by atoms with van der Waals surface area (Å²) < 4.78 is 19.5. The molecule has 0 radical (unpaired) electrons. The first-order valence-corrected chi connectivity index (χ1v) is 7.24. The van der Waals surface area contributed by atoms with Crippen LogP contribution < -0.4 is 10.1 Å². The summed E-state index contributed by atoms with van der Waals surface area (Å²) in [6.45, 7) is 4.57. The van der Waals surface area contributed by atoms with Crippen LogP contribution in [0.3, 0.4) is 0 Å². The lowest BCUT2D eigenvalue weighted by Crippen LogP contribution is -2.22. The van der Waals surface area contributed by atoms with E-state index in [1.807, 2.05) is 19.9 Å². The molecule has 4 heteroatoms. The van der Waals surface area contributed by atoms with Gasteiger partial charge in [0.2, 0.25) is 0 Å². The van der Waals surface area contributed by atoms with Crippen molar-refractivity contribution in [2.75, 3.05) is 7.11 Å². The molecule has 0 aliphatic heterocycles. The lowest BCUT2D eigenvalue weighted by Gasteiger charge is -2.12. The highest BCUT2D eigenvalue weighted by molar-refractivity contribution is 6.31. The zero-order valence-electron chi connectivity index (χ0n) is 12.4. The van der Waals surface area contributed by atoms with Crippen LogP contribution in [0.5, 0.6) is 5.75 Å². The first-order chi connectivity index (χ1) is 10.0. The van der Waals surface area contributed by atoms with Gasteiger partial charge in [-0.25, -0.2) is 4.39 Å². The van der Waals surface area contributed by atoms with Gasteiger partial charge in [0.25, 0.3) is 0 Å². The van der Waals surface area contributed by atoms with Crippen LogP contribution >= 0.6 is 11.6 Å². The summed E-state index contributed by atoms with van der Waals surface area (Å²) in [5.74, 6) is 0.439. The van der Waals surface area contributed by atoms with Gasteiger partial charge in [0.05, 0.1) is 7.11 Å². The van der Waals surface area contributed by atoms with Gasteiger partial charge in [0.15, 0.2) is 0 Å². The van der Waals surface area contributed by atoms with Crippen LogP contribution in [0.4, 0.5) is 4.39 Å². The van der Waals surface area contributed by atoms with Gasteiger partial charge in [-0.3, -0.25) is 0 Å².